The first-order valence-corrected chi connectivity index (χ1v) is 6.48. The average Bonchev–Trinajstić information content (AvgIpc) is 2.77. The molecule has 4 heteroatoms. The van der Waals surface area contributed by atoms with Crippen LogP contribution in [0.1, 0.15) is 41.8 Å². The van der Waals surface area contributed by atoms with Gasteiger partial charge in [-0.25, -0.2) is 0 Å². The van der Waals surface area contributed by atoms with Crippen LogP contribution in [0.15, 0.2) is 24.3 Å². The number of hydrogen-bond donors (Lipinski definition) is 1. The second-order valence-corrected chi connectivity index (χ2v) is 5.02. The molecule has 0 saturated carbocycles. The number of nitrogens with two attached hydrogens (primary N) is 1. The van der Waals surface area contributed by atoms with E-state index in [-0.39, 0.29) is 6.17 Å². The number of aryl methyl sites for hydroxylation is 2. The Morgan fingerprint density at radius 2 is 2.06 bits per heavy atom. The highest BCUT2D eigenvalue weighted by Gasteiger charge is 2.21. The minimum absolute atomic E-state index is 0.0456. The summed E-state index contributed by atoms with van der Waals surface area (Å²) in [5, 5.41) is 8.55. The summed E-state index contributed by atoms with van der Waals surface area (Å²) < 4.78 is 2.11. The zero-order valence-electron chi connectivity index (χ0n) is 10.6. The fourth-order valence-corrected chi connectivity index (χ4v) is 2.52. The minimum Gasteiger partial charge on any atom is -0.311 e. The molecule has 0 radical (unpaired) electrons. The molecular weight excluding hydrogens is 224 g/mol. The van der Waals surface area contributed by atoms with E-state index in [4.69, 9.17) is 5.73 Å². The van der Waals surface area contributed by atoms with Crippen molar-refractivity contribution in [2.24, 2.45) is 5.73 Å². The van der Waals surface area contributed by atoms with Gasteiger partial charge in [-0.15, -0.1) is 10.2 Å². The van der Waals surface area contributed by atoms with Gasteiger partial charge in [0.25, 0.3) is 0 Å². The second-order valence-electron chi connectivity index (χ2n) is 5.02. The molecule has 0 saturated heterocycles. The van der Waals surface area contributed by atoms with Gasteiger partial charge in [0, 0.05) is 12.8 Å². The molecule has 1 aromatic carbocycles. The summed E-state index contributed by atoms with van der Waals surface area (Å²) in [5.74, 6) is 2.02. The highest BCUT2D eigenvalue weighted by atomic mass is 15.3. The van der Waals surface area contributed by atoms with Gasteiger partial charge >= 0.3 is 0 Å². The lowest BCUT2D eigenvalue weighted by atomic mass is 10.1. The average molecular weight is 242 g/mol. The topological polar surface area (TPSA) is 56.7 Å². The third-order valence-electron chi connectivity index (χ3n) is 3.55. The van der Waals surface area contributed by atoms with Crippen LogP contribution in [-0.2, 0) is 12.8 Å². The number of benzene rings is 1. The first-order chi connectivity index (χ1) is 8.74. The molecule has 0 amide bonds. The van der Waals surface area contributed by atoms with Crippen molar-refractivity contribution in [1.82, 2.24) is 14.8 Å². The zero-order valence-corrected chi connectivity index (χ0v) is 10.6. The van der Waals surface area contributed by atoms with Crippen LogP contribution >= 0.6 is 0 Å². The summed E-state index contributed by atoms with van der Waals surface area (Å²) in [7, 11) is 0. The van der Waals surface area contributed by atoms with Crippen LogP contribution in [-0.4, -0.2) is 14.8 Å². The van der Waals surface area contributed by atoms with Gasteiger partial charge in [-0.1, -0.05) is 29.8 Å². The molecule has 0 spiro atoms. The Morgan fingerprint density at radius 1 is 1.28 bits per heavy atom. The largest absolute Gasteiger partial charge is 0.311 e. The lowest BCUT2D eigenvalue weighted by Gasteiger charge is -2.22. The van der Waals surface area contributed by atoms with Gasteiger partial charge in [0.15, 0.2) is 0 Å². The first kappa shape index (κ1) is 11.4. The van der Waals surface area contributed by atoms with E-state index < -0.39 is 0 Å². The number of aromatic nitrogens is 3. The molecule has 0 aliphatic carbocycles. The maximum atomic E-state index is 6.15. The van der Waals surface area contributed by atoms with Gasteiger partial charge in [-0.05, 0) is 25.3 Å². The van der Waals surface area contributed by atoms with E-state index in [0.717, 1.165) is 37.3 Å². The van der Waals surface area contributed by atoms with Crippen LogP contribution in [0, 0.1) is 6.92 Å². The maximum absolute atomic E-state index is 6.15. The van der Waals surface area contributed by atoms with E-state index in [1.54, 1.807) is 0 Å². The molecule has 18 heavy (non-hydrogen) atoms. The lowest BCUT2D eigenvalue weighted by Crippen LogP contribution is -2.26. The maximum Gasteiger partial charge on any atom is 0.138 e. The first-order valence-electron chi connectivity index (χ1n) is 6.48. The highest BCUT2D eigenvalue weighted by molar-refractivity contribution is 5.24. The molecule has 3 rings (SSSR count). The van der Waals surface area contributed by atoms with Crippen molar-refractivity contribution in [3.8, 4) is 0 Å². The second kappa shape index (κ2) is 4.53. The Kier molecular flexibility index (Phi) is 2.88. The van der Waals surface area contributed by atoms with Crippen LogP contribution < -0.4 is 5.73 Å². The van der Waals surface area contributed by atoms with Crippen molar-refractivity contribution in [3.63, 3.8) is 0 Å². The van der Waals surface area contributed by atoms with Crippen molar-refractivity contribution in [1.29, 1.82) is 0 Å². The summed E-state index contributed by atoms with van der Waals surface area (Å²) in [4.78, 5) is 0. The molecule has 1 unspecified atom stereocenters. The summed E-state index contributed by atoms with van der Waals surface area (Å²) in [6.07, 6.45) is 3.98. The molecule has 0 fully saturated rings. The molecule has 2 aromatic rings. The molecule has 94 valence electrons. The van der Waals surface area contributed by atoms with Gasteiger partial charge in [-0.2, -0.15) is 0 Å². The third kappa shape index (κ3) is 2.04. The highest BCUT2D eigenvalue weighted by Crippen LogP contribution is 2.22. The van der Waals surface area contributed by atoms with E-state index in [1.807, 2.05) is 0 Å². The van der Waals surface area contributed by atoms with E-state index >= 15 is 0 Å². The monoisotopic (exact) mass is 242 g/mol. The number of rotatable bonds is 2. The predicted octanol–water partition coefficient (Wildman–Crippen LogP) is 1.97. The Hall–Kier alpha value is -1.68. The van der Waals surface area contributed by atoms with E-state index in [1.165, 1.54) is 11.1 Å². The number of hydrogen-bond acceptors (Lipinski definition) is 3. The molecule has 2 N–H and O–H groups in total. The van der Waals surface area contributed by atoms with Gasteiger partial charge in [0.1, 0.15) is 11.6 Å². The van der Waals surface area contributed by atoms with Crippen molar-refractivity contribution < 1.29 is 0 Å². The Labute approximate surface area is 107 Å². The lowest BCUT2D eigenvalue weighted by molar-refractivity contribution is 0.399. The van der Waals surface area contributed by atoms with Crippen LogP contribution in [0.5, 0.6) is 0 Å². The Balaban J connectivity index is 1.89. The Morgan fingerprint density at radius 3 is 2.83 bits per heavy atom. The van der Waals surface area contributed by atoms with Gasteiger partial charge in [0.2, 0.25) is 0 Å². The number of fused-ring (bicyclic) bond motifs is 1. The minimum atomic E-state index is 0.0456. The third-order valence-corrected chi connectivity index (χ3v) is 3.55. The van der Waals surface area contributed by atoms with Crippen molar-refractivity contribution in [2.45, 2.75) is 38.8 Å². The molecule has 1 aliphatic rings. The summed E-state index contributed by atoms with van der Waals surface area (Å²) >= 11 is 0. The molecule has 0 bridgehead atoms. The van der Waals surface area contributed by atoms with Crippen LogP contribution in [0.25, 0.3) is 0 Å². The normalized spacial score (nSPS) is 18.7. The van der Waals surface area contributed by atoms with E-state index in [9.17, 15) is 0 Å². The summed E-state index contributed by atoms with van der Waals surface area (Å²) in [6.45, 7) is 2.10. The number of nitrogens with zero attached hydrogens (tertiary/aromatic N) is 3. The van der Waals surface area contributed by atoms with Crippen molar-refractivity contribution in [3.05, 3.63) is 47.0 Å². The fourth-order valence-electron chi connectivity index (χ4n) is 2.52. The van der Waals surface area contributed by atoms with Crippen molar-refractivity contribution in [2.75, 3.05) is 0 Å². The smallest absolute Gasteiger partial charge is 0.138 e. The summed E-state index contributed by atoms with van der Waals surface area (Å²) in [5.41, 5.74) is 8.69. The SMILES string of the molecule is Cc1ccc(Cc2nnc3n2C(N)CCC3)cc1. The van der Waals surface area contributed by atoms with E-state index in [0.29, 0.717) is 0 Å². The fraction of sp³-hybridized carbons (Fsp3) is 0.429. The Bertz CT molecular complexity index is 541. The van der Waals surface area contributed by atoms with E-state index in [2.05, 4.69) is 46.0 Å². The molecule has 4 nitrogen and oxygen atoms in total. The van der Waals surface area contributed by atoms with Crippen LogP contribution in [0.4, 0.5) is 0 Å². The van der Waals surface area contributed by atoms with Crippen LogP contribution in [0.3, 0.4) is 0 Å². The van der Waals surface area contributed by atoms with Gasteiger partial charge in [-0.3, -0.25) is 4.57 Å². The van der Waals surface area contributed by atoms with Gasteiger partial charge in [0.05, 0.1) is 6.17 Å². The zero-order chi connectivity index (χ0) is 12.5. The molecule has 1 aliphatic heterocycles. The molecular formula is C14H18N4. The molecule has 2 heterocycles. The van der Waals surface area contributed by atoms with Crippen LogP contribution in [0.2, 0.25) is 0 Å². The molecule has 1 atom stereocenters. The molecule has 1 aromatic heterocycles. The standard InChI is InChI=1S/C14H18N4/c1-10-5-7-11(8-6-10)9-14-17-16-13-4-2-3-12(15)18(13)14/h5-8,12H,2-4,9,15H2,1H3. The van der Waals surface area contributed by atoms with Gasteiger partial charge < -0.3 is 5.73 Å². The summed E-state index contributed by atoms with van der Waals surface area (Å²) in [6, 6.07) is 8.54. The predicted molar refractivity (Wildman–Crippen MR) is 70.2 cm³/mol. The van der Waals surface area contributed by atoms with Crippen molar-refractivity contribution >= 4 is 0 Å². The quantitative estimate of drug-likeness (QED) is 0.876.